The molecule has 306 valence electrons. The molecule has 59 heavy (non-hydrogen) atoms. The molecule has 15 heteroatoms. The summed E-state index contributed by atoms with van der Waals surface area (Å²) in [4.78, 5) is 27.1. The Kier molecular flexibility index (Phi) is 11.7. The molecule has 2 unspecified atom stereocenters. The molecule has 0 saturated heterocycles. The van der Waals surface area contributed by atoms with Gasteiger partial charge in [-0.3, -0.25) is 15.0 Å². The topological polar surface area (TPSA) is 146 Å². The third kappa shape index (κ3) is 8.62. The zero-order valence-electron chi connectivity index (χ0n) is 33.6. The SMILES string of the molecule is CC1SC(=O)NN=C1c1ccc2c(c1)C(C)(C)CCN2/C(=N\O)c1ccc(F)cc1.CC1SC(=O)NN=C1c1ccc2c(c1)C(C)(C)CCN2C(=N)c1ccc(F)cc1. The molecule has 4 aromatic rings. The van der Waals surface area contributed by atoms with Gasteiger partial charge < -0.3 is 15.0 Å². The number of amidine groups is 2. The zero-order chi connectivity index (χ0) is 42.2. The van der Waals surface area contributed by atoms with Crippen LogP contribution in [0.2, 0.25) is 0 Å². The van der Waals surface area contributed by atoms with Crippen molar-refractivity contribution in [2.75, 3.05) is 22.9 Å². The Morgan fingerprint density at radius 1 is 0.712 bits per heavy atom. The van der Waals surface area contributed by atoms with Gasteiger partial charge in [-0.25, -0.2) is 19.6 Å². The number of nitrogens with zero attached hydrogens (tertiary/aromatic N) is 5. The summed E-state index contributed by atoms with van der Waals surface area (Å²) in [6.45, 7) is 14.1. The van der Waals surface area contributed by atoms with Crippen LogP contribution in [-0.2, 0) is 10.8 Å². The van der Waals surface area contributed by atoms with Crippen molar-refractivity contribution in [2.45, 2.75) is 75.7 Å². The fraction of sp³-hybridized carbons (Fsp3) is 0.318. The van der Waals surface area contributed by atoms with Crippen molar-refractivity contribution in [3.63, 3.8) is 0 Å². The van der Waals surface area contributed by atoms with E-state index in [1.807, 2.05) is 47.9 Å². The highest BCUT2D eigenvalue weighted by Gasteiger charge is 2.36. The van der Waals surface area contributed by atoms with Gasteiger partial charge in [0.05, 0.1) is 21.9 Å². The Morgan fingerprint density at radius 2 is 1.14 bits per heavy atom. The summed E-state index contributed by atoms with van der Waals surface area (Å²) in [6, 6.07) is 24.2. The lowest BCUT2D eigenvalue weighted by Crippen LogP contribution is -2.42. The molecular formula is C44H46F2N8O3S2. The number of benzene rings is 4. The van der Waals surface area contributed by atoms with Crippen LogP contribution in [0.5, 0.6) is 0 Å². The van der Waals surface area contributed by atoms with Crippen LogP contribution >= 0.6 is 23.5 Å². The zero-order valence-corrected chi connectivity index (χ0v) is 35.3. The number of hydrogen-bond acceptors (Lipinski definition) is 9. The quantitative estimate of drug-likeness (QED) is 0.0694. The van der Waals surface area contributed by atoms with Gasteiger partial charge in [-0.15, -0.1) is 0 Å². The molecule has 8 rings (SSSR count). The summed E-state index contributed by atoms with van der Waals surface area (Å²) in [5.41, 5.74) is 14.0. The van der Waals surface area contributed by atoms with Crippen molar-refractivity contribution in [1.82, 2.24) is 10.9 Å². The van der Waals surface area contributed by atoms with E-state index in [2.05, 4.69) is 66.0 Å². The summed E-state index contributed by atoms with van der Waals surface area (Å²) in [5, 5.41) is 30.2. The fourth-order valence-electron chi connectivity index (χ4n) is 7.80. The van der Waals surface area contributed by atoms with Crippen molar-refractivity contribution >= 4 is 68.5 Å². The van der Waals surface area contributed by atoms with Crippen LogP contribution in [-0.4, -0.2) is 62.4 Å². The van der Waals surface area contributed by atoms with E-state index in [1.54, 1.807) is 24.3 Å². The number of thioether (sulfide) groups is 2. The average molecular weight is 837 g/mol. The molecule has 11 nitrogen and oxygen atoms in total. The number of carbonyl (C=O) groups is 2. The first-order valence-corrected chi connectivity index (χ1v) is 21.1. The second-order valence-electron chi connectivity index (χ2n) is 16.1. The highest BCUT2D eigenvalue weighted by atomic mass is 32.2. The minimum atomic E-state index is -0.340. The van der Waals surface area contributed by atoms with Crippen LogP contribution in [0.15, 0.2) is 100 Å². The average Bonchev–Trinajstić information content (AvgIpc) is 3.20. The number of carbonyl (C=O) groups excluding carboxylic acids is 2. The van der Waals surface area contributed by atoms with Gasteiger partial charge in [-0.1, -0.05) is 68.5 Å². The molecule has 0 aliphatic carbocycles. The van der Waals surface area contributed by atoms with Gasteiger partial charge >= 0.3 is 0 Å². The van der Waals surface area contributed by atoms with E-state index in [0.29, 0.717) is 29.3 Å². The number of anilines is 2. The van der Waals surface area contributed by atoms with E-state index in [-0.39, 0.29) is 43.4 Å². The molecule has 0 radical (unpaired) electrons. The van der Waals surface area contributed by atoms with Gasteiger partial charge in [0.25, 0.3) is 10.5 Å². The van der Waals surface area contributed by atoms with Gasteiger partial charge in [-0.2, -0.15) is 10.2 Å². The second-order valence-corrected chi connectivity index (χ2v) is 18.8. The molecule has 0 aromatic heterocycles. The third-order valence-corrected chi connectivity index (χ3v) is 13.0. The molecule has 2 amide bonds. The molecule has 4 N–H and O–H groups in total. The largest absolute Gasteiger partial charge is 0.409 e. The van der Waals surface area contributed by atoms with Gasteiger partial charge in [0, 0.05) is 35.6 Å². The third-order valence-electron chi connectivity index (χ3n) is 11.3. The normalized spacial score (nSPS) is 20.8. The standard InChI is InChI=1S/C22H23FN4O2S.C22H23FN4OS/c1-13-19(24-25-21(28)30-13)15-6-9-18-17(12-15)22(2,3)10-11-27(18)20(26-29)14-4-7-16(23)8-5-14;1-13-19(25-26-21(28)29-13)15-6-9-18-17(12-15)22(2,3)10-11-27(18)20(24)14-4-7-16(23)8-5-14/h4-9,12-13,29H,10-11H2,1-3H3,(H,25,28);4-9,12-13,24H,10-11H2,1-3H3,(H,26,28)/b26-20-;. The summed E-state index contributed by atoms with van der Waals surface area (Å²) in [6.07, 6.45) is 1.73. The predicted octanol–water partition coefficient (Wildman–Crippen LogP) is 9.59. The minimum absolute atomic E-state index is 0.0258. The van der Waals surface area contributed by atoms with Gasteiger partial charge in [0.15, 0.2) is 5.84 Å². The number of amides is 2. The first-order valence-electron chi connectivity index (χ1n) is 19.3. The summed E-state index contributed by atoms with van der Waals surface area (Å²) < 4.78 is 26.6. The van der Waals surface area contributed by atoms with Gasteiger partial charge in [-0.05, 0) is 133 Å². The number of hydrogen-bond donors (Lipinski definition) is 4. The molecule has 0 spiro atoms. The number of fused-ring (bicyclic) bond motifs is 2. The van der Waals surface area contributed by atoms with E-state index in [9.17, 15) is 23.6 Å². The lowest BCUT2D eigenvalue weighted by Gasteiger charge is -2.40. The van der Waals surface area contributed by atoms with Crippen molar-refractivity contribution in [3.8, 4) is 0 Å². The van der Waals surface area contributed by atoms with Crippen molar-refractivity contribution < 1.29 is 23.6 Å². The Bertz CT molecular complexity index is 2400. The molecule has 0 fully saturated rings. The number of halogens is 2. The van der Waals surface area contributed by atoms with E-state index in [4.69, 9.17) is 5.41 Å². The fourth-order valence-corrected chi connectivity index (χ4v) is 9.24. The van der Waals surface area contributed by atoms with Crippen LogP contribution in [0.25, 0.3) is 0 Å². The molecular weight excluding hydrogens is 791 g/mol. The Balaban J connectivity index is 0.000000179. The summed E-state index contributed by atoms with van der Waals surface area (Å²) in [7, 11) is 0. The molecule has 4 aromatic carbocycles. The van der Waals surface area contributed by atoms with Gasteiger partial charge in [0.2, 0.25) is 0 Å². The molecule has 0 saturated carbocycles. The maximum Gasteiger partial charge on any atom is 0.299 e. The predicted molar refractivity (Wildman–Crippen MR) is 235 cm³/mol. The first-order chi connectivity index (χ1) is 28.1. The first kappa shape index (κ1) is 41.6. The number of hydrazone groups is 2. The Labute approximate surface area is 350 Å². The lowest BCUT2D eigenvalue weighted by molar-refractivity contribution is 0.260. The van der Waals surface area contributed by atoms with Crippen LogP contribution in [0, 0.1) is 17.0 Å². The van der Waals surface area contributed by atoms with Crippen LogP contribution < -0.4 is 20.7 Å². The molecule has 4 aliphatic rings. The Morgan fingerprint density at radius 3 is 1.58 bits per heavy atom. The highest BCUT2D eigenvalue weighted by Crippen LogP contribution is 2.43. The van der Waals surface area contributed by atoms with Crippen LogP contribution in [0.1, 0.15) is 87.8 Å². The number of rotatable bonds is 4. The molecule has 2 atom stereocenters. The van der Waals surface area contributed by atoms with Crippen molar-refractivity contribution in [1.29, 1.82) is 5.41 Å². The van der Waals surface area contributed by atoms with Gasteiger partial charge in [0.1, 0.15) is 17.5 Å². The molecule has 4 heterocycles. The van der Waals surface area contributed by atoms with E-state index in [0.717, 1.165) is 64.4 Å². The summed E-state index contributed by atoms with van der Waals surface area (Å²) >= 11 is 2.44. The van der Waals surface area contributed by atoms with Crippen LogP contribution in [0.4, 0.5) is 29.7 Å². The minimum Gasteiger partial charge on any atom is -0.409 e. The van der Waals surface area contributed by atoms with Crippen LogP contribution in [0.3, 0.4) is 0 Å². The van der Waals surface area contributed by atoms with Crippen molar-refractivity contribution in [3.05, 3.63) is 130 Å². The Hall–Kier alpha value is -5.54. The lowest BCUT2D eigenvalue weighted by atomic mass is 9.76. The molecule has 0 bridgehead atoms. The second kappa shape index (κ2) is 16.6. The van der Waals surface area contributed by atoms with Crippen molar-refractivity contribution in [2.24, 2.45) is 15.4 Å². The van der Waals surface area contributed by atoms with E-state index < -0.39 is 0 Å². The maximum absolute atomic E-state index is 13.4. The molecule has 4 aliphatic heterocycles. The maximum atomic E-state index is 13.4. The van der Waals surface area contributed by atoms with E-state index in [1.165, 1.54) is 47.8 Å². The summed E-state index contributed by atoms with van der Waals surface area (Å²) in [5.74, 6) is 0.0956. The monoisotopic (exact) mass is 836 g/mol. The number of nitrogens with one attached hydrogen (secondary N) is 3. The smallest absolute Gasteiger partial charge is 0.299 e. The number of oxime groups is 1. The highest BCUT2D eigenvalue weighted by molar-refractivity contribution is 8.15. The van der Waals surface area contributed by atoms with E-state index >= 15 is 0 Å².